The molecule has 17 heavy (non-hydrogen) atoms. The second kappa shape index (κ2) is 7.17. The maximum Gasteiger partial charge on any atom is 0.119 e. The fraction of sp³-hybridized carbons (Fsp3) is 0.571. The van der Waals surface area contributed by atoms with E-state index in [9.17, 15) is 0 Å². The molecule has 0 atom stereocenters. The van der Waals surface area contributed by atoms with Crippen LogP contribution >= 0.6 is 0 Å². The lowest BCUT2D eigenvalue weighted by molar-refractivity contribution is 0.309. The summed E-state index contributed by atoms with van der Waals surface area (Å²) in [4.78, 5) is 0. The zero-order chi connectivity index (χ0) is 12.7. The molecule has 0 spiro atoms. The highest BCUT2D eigenvalue weighted by atomic mass is 16.5. The fourth-order valence-corrected chi connectivity index (χ4v) is 1.50. The van der Waals surface area contributed by atoms with E-state index in [0.717, 1.165) is 18.0 Å². The Labute approximate surface area is 105 Å². The van der Waals surface area contributed by atoms with Crippen LogP contribution in [0.2, 0.25) is 0 Å². The van der Waals surface area contributed by atoms with Gasteiger partial charge in [-0.15, -0.1) is 0 Å². The average molecular weight is 236 g/mol. The van der Waals surface area contributed by atoms with E-state index in [-0.39, 0.29) is 0 Å². The second-order valence-corrected chi connectivity index (χ2v) is 4.78. The van der Waals surface area contributed by atoms with Crippen LogP contribution in [-0.4, -0.2) is 25.2 Å². The van der Waals surface area contributed by atoms with Crippen molar-refractivity contribution in [1.29, 1.82) is 0 Å². The first-order valence-electron chi connectivity index (χ1n) is 6.30. The van der Waals surface area contributed by atoms with Gasteiger partial charge in [-0.1, -0.05) is 13.8 Å². The van der Waals surface area contributed by atoms with E-state index in [2.05, 4.69) is 38.3 Å². The zero-order valence-electron chi connectivity index (χ0n) is 11.3. The average Bonchev–Trinajstić information content (AvgIpc) is 2.25. The van der Waals surface area contributed by atoms with Crippen molar-refractivity contribution in [3.63, 3.8) is 0 Å². The van der Waals surface area contributed by atoms with Gasteiger partial charge in [0.15, 0.2) is 0 Å². The highest BCUT2D eigenvalue weighted by molar-refractivity contribution is 5.46. The van der Waals surface area contributed by atoms with Crippen molar-refractivity contribution in [2.24, 2.45) is 0 Å². The molecule has 0 aliphatic rings. The molecule has 2 N–H and O–H groups in total. The summed E-state index contributed by atoms with van der Waals surface area (Å²) in [5, 5.41) is 6.66. The van der Waals surface area contributed by atoms with Crippen LogP contribution in [0.3, 0.4) is 0 Å². The smallest absolute Gasteiger partial charge is 0.119 e. The number of hydrogen-bond donors (Lipinski definition) is 2. The Morgan fingerprint density at radius 3 is 2.18 bits per heavy atom. The Bertz CT molecular complexity index is 307. The lowest BCUT2D eigenvalue weighted by Gasteiger charge is -2.12. The zero-order valence-corrected chi connectivity index (χ0v) is 11.3. The summed E-state index contributed by atoms with van der Waals surface area (Å²) in [5.41, 5.74) is 1.13. The predicted molar refractivity (Wildman–Crippen MR) is 73.8 cm³/mol. The van der Waals surface area contributed by atoms with Crippen molar-refractivity contribution in [2.45, 2.75) is 39.8 Å². The molecule has 0 aliphatic heterocycles. The van der Waals surface area contributed by atoms with Crippen LogP contribution in [0.1, 0.15) is 27.7 Å². The first kappa shape index (κ1) is 13.8. The molecule has 0 radical (unpaired) electrons. The normalized spacial score (nSPS) is 10.9. The van der Waals surface area contributed by atoms with Crippen molar-refractivity contribution in [2.75, 3.05) is 18.5 Å². The quantitative estimate of drug-likeness (QED) is 0.714. The highest BCUT2D eigenvalue weighted by Gasteiger charge is 1.97. The highest BCUT2D eigenvalue weighted by Crippen LogP contribution is 2.16. The summed E-state index contributed by atoms with van der Waals surface area (Å²) in [6.07, 6.45) is 0. The van der Waals surface area contributed by atoms with Crippen molar-refractivity contribution in [1.82, 2.24) is 5.32 Å². The molecule has 0 heterocycles. The molecule has 1 aromatic rings. The van der Waals surface area contributed by atoms with Gasteiger partial charge in [-0.05, 0) is 38.1 Å². The van der Waals surface area contributed by atoms with Crippen LogP contribution in [0.25, 0.3) is 0 Å². The first-order valence-corrected chi connectivity index (χ1v) is 6.30. The lowest BCUT2D eigenvalue weighted by Crippen LogP contribution is -2.27. The Morgan fingerprint density at radius 2 is 1.65 bits per heavy atom. The number of nitrogens with one attached hydrogen (secondary N) is 2. The maximum atomic E-state index is 5.63. The summed E-state index contributed by atoms with van der Waals surface area (Å²) in [6.45, 7) is 10.1. The number of benzene rings is 1. The van der Waals surface area contributed by atoms with Gasteiger partial charge in [-0.25, -0.2) is 0 Å². The summed E-state index contributed by atoms with van der Waals surface area (Å²) < 4.78 is 5.63. The molecule has 0 amide bonds. The van der Waals surface area contributed by atoms with Crippen molar-refractivity contribution >= 4 is 5.69 Å². The molecular weight excluding hydrogens is 212 g/mol. The van der Waals surface area contributed by atoms with Crippen LogP contribution in [-0.2, 0) is 0 Å². The molecule has 1 rings (SSSR count). The van der Waals surface area contributed by atoms with Gasteiger partial charge in [0.25, 0.3) is 0 Å². The van der Waals surface area contributed by atoms with Crippen LogP contribution in [0.4, 0.5) is 5.69 Å². The number of ether oxygens (including phenoxy) is 1. The monoisotopic (exact) mass is 236 g/mol. The third kappa shape index (κ3) is 6.17. The van der Waals surface area contributed by atoms with Gasteiger partial charge < -0.3 is 15.4 Å². The molecule has 3 heteroatoms. The van der Waals surface area contributed by atoms with Crippen LogP contribution in [0, 0.1) is 0 Å². The molecule has 1 aromatic carbocycles. The van der Waals surface area contributed by atoms with E-state index in [1.54, 1.807) is 0 Å². The Kier molecular flexibility index (Phi) is 5.84. The maximum absolute atomic E-state index is 5.63. The summed E-state index contributed by atoms with van der Waals surface area (Å²) in [6, 6.07) is 9.06. The summed E-state index contributed by atoms with van der Waals surface area (Å²) in [5.74, 6) is 0.921. The topological polar surface area (TPSA) is 33.3 Å². The van der Waals surface area contributed by atoms with Gasteiger partial charge in [-0.2, -0.15) is 0 Å². The molecule has 0 aliphatic carbocycles. The van der Waals surface area contributed by atoms with Crippen molar-refractivity contribution < 1.29 is 4.74 Å². The van der Waals surface area contributed by atoms with E-state index in [1.807, 2.05) is 24.3 Å². The van der Waals surface area contributed by atoms with E-state index in [0.29, 0.717) is 18.7 Å². The van der Waals surface area contributed by atoms with Crippen LogP contribution in [0.15, 0.2) is 24.3 Å². The first-order chi connectivity index (χ1) is 8.08. The SMILES string of the molecule is CC(C)NCCOc1ccc(NC(C)C)cc1. The Balaban J connectivity index is 2.30. The third-order valence-corrected chi connectivity index (χ3v) is 2.23. The molecule has 0 saturated heterocycles. The second-order valence-electron chi connectivity index (χ2n) is 4.78. The van der Waals surface area contributed by atoms with Crippen LogP contribution < -0.4 is 15.4 Å². The largest absolute Gasteiger partial charge is 0.492 e. The van der Waals surface area contributed by atoms with Gasteiger partial charge in [0.2, 0.25) is 0 Å². The number of hydrogen-bond acceptors (Lipinski definition) is 3. The van der Waals surface area contributed by atoms with Gasteiger partial charge in [0, 0.05) is 24.3 Å². The molecule has 96 valence electrons. The standard InChI is InChI=1S/C14H24N2O/c1-11(2)15-9-10-17-14-7-5-13(6-8-14)16-12(3)4/h5-8,11-12,15-16H,9-10H2,1-4H3. The predicted octanol–water partition coefficient (Wildman–Crippen LogP) is 2.88. The van der Waals surface area contributed by atoms with E-state index in [4.69, 9.17) is 4.74 Å². The van der Waals surface area contributed by atoms with Gasteiger partial charge >= 0.3 is 0 Å². The van der Waals surface area contributed by atoms with Gasteiger partial charge in [0.05, 0.1) is 0 Å². The van der Waals surface area contributed by atoms with Gasteiger partial charge in [0.1, 0.15) is 12.4 Å². The molecular formula is C14H24N2O. The minimum Gasteiger partial charge on any atom is -0.492 e. The number of anilines is 1. The lowest BCUT2D eigenvalue weighted by atomic mass is 10.2. The molecule has 0 fully saturated rings. The summed E-state index contributed by atoms with van der Waals surface area (Å²) in [7, 11) is 0. The fourth-order valence-electron chi connectivity index (χ4n) is 1.50. The summed E-state index contributed by atoms with van der Waals surface area (Å²) >= 11 is 0. The van der Waals surface area contributed by atoms with Crippen molar-refractivity contribution in [3.05, 3.63) is 24.3 Å². The third-order valence-electron chi connectivity index (χ3n) is 2.23. The van der Waals surface area contributed by atoms with E-state index >= 15 is 0 Å². The van der Waals surface area contributed by atoms with E-state index < -0.39 is 0 Å². The number of rotatable bonds is 7. The van der Waals surface area contributed by atoms with Gasteiger partial charge in [-0.3, -0.25) is 0 Å². The minimum atomic E-state index is 0.456. The minimum absolute atomic E-state index is 0.456. The molecule has 3 nitrogen and oxygen atoms in total. The molecule has 0 saturated carbocycles. The molecule has 0 bridgehead atoms. The molecule has 0 unspecified atom stereocenters. The molecule has 0 aromatic heterocycles. The van der Waals surface area contributed by atoms with Crippen molar-refractivity contribution in [3.8, 4) is 5.75 Å². The van der Waals surface area contributed by atoms with E-state index in [1.165, 1.54) is 0 Å². The van der Waals surface area contributed by atoms with Crippen LogP contribution in [0.5, 0.6) is 5.75 Å². The Morgan fingerprint density at radius 1 is 1.00 bits per heavy atom. The Hall–Kier alpha value is -1.22.